The van der Waals surface area contributed by atoms with Gasteiger partial charge < -0.3 is 14.8 Å². The van der Waals surface area contributed by atoms with Gasteiger partial charge in [-0.2, -0.15) is 0 Å². The third-order valence-electron chi connectivity index (χ3n) is 3.09. The fourth-order valence-corrected chi connectivity index (χ4v) is 1.94. The summed E-state index contributed by atoms with van der Waals surface area (Å²) in [5.74, 6) is 1.03. The van der Waals surface area contributed by atoms with Crippen molar-refractivity contribution in [2.24, 2.45) is 0 Å². The summed E-state index contributed by atoms with van der Waals surface area (Å²) in [6.45, 7) is 11.0. The Bertz CT molecular complexity index is 396. The van der Waals surface area contributed by atoms with Crippen LogP contribution in [0.4, 0.5) is 0 Å². The number of nitrogens with one attached hydrogen (secondary N) is 1. The first-order valence-corrected chi connectivity index (χ1v) is 7.39. The first kappa shape index (κ1) is 17.0. The van der Waals surface area contributed by atoms with E-state index in [0.717, 1.165) is 38.3 Å². The first-order valence-electron chi connectivity index (χ1n) is 7.39. The van der Waals surface area contributed by atoms with E-state index in [1.165, 1.54) is 11.1 Å². The Morgan fingerprint density at radius 1 is 1.10 bits per heavy atom. The third kappa shape index (κ3) is 6.40. The molecule has 0 fully saturated rings. The molecule has 1 aromatic carbocycles. The van der Waals surface area contributed by atoms with Crippen molar-refractivity contribution in [2.45, 2.75) is 52.6 Å². The van der Waals surface area contributed by atoms with Gasteiger partial charge in [0.1, 0.15) is 5.75 Å². The van der Waals surface area contributed by atoms with Crippen LogP contribution in [-0.4, -0.2) is 25.9 Å². The van der Waals surface area contributed by atoms with Crippen LogP contribution in [0.15, 0.2) is 18.2 Å². The van der Waals surface area contributed by atoms with Crippen LogP contribution in [0.2, 0.25) is 0 Å². The van der Waals surface area contributed by atoms with Gasteiger partial charge in [0.05, 0.1) is 6.61 Å². The molecule has 0 amide bonds. The lowest BCUT2D eigenvalue weighted by Gasteiger charge is -2.22. The van der Waals surface area contributed by atoms with E-state index in [2.05, 4.69) is 51.2 Å². The van der Waals surface area contributed by atoms with Gasteiger partial charge in [-0.1, -0.05) is 18.2 Å². The zero-order valence-corrected chi connectivity index (χ0v) is 13.6. The second-order valence-electron chi connectivity index (χ2n) is 6.22. The summed E-state index contributed by atoms with van der Waals surface area (Å²) in [6.07, 6.45) is 2.06. The van der Waals surface area contributed by atoms with E-state index >= 15 is 0 Å². The van der Waals surface area contributed by atoms with Gasteiger partial charge in [-0.3, -0.25) is 0 Å². The molecule has 0 bridgehead atoms. The molecule has 0 aromatic heterocycles. The summed E-state index contributed by atoms with van der Waals surface area (Å²) >= 11 is 0. The number of hydrogen-bond donors (Lipinski definition) is 1. The molecule has 0 aliphatic carbocycles. The van der Waals surface area contributed by atoms with Crippen molar-refractivity contribution in [2.75, 3.05) is 20.3 Å². The standard InChI is InChI=1S/C17H29NO2/c1-14-9-8-10-15(13-18-17(2,3)4)16(14)20-12-7-6-11-19-5/h8-10,18H,6-7,11-13H2,1-5H3. The van der Waals surface area contributed by atoms with Gasteiger partial charge in [-0.25, -0.2) is 0 Å². The summed E-state index contributed by atoms with van der Waals surface area (Å²) in [6, 6.07) is 6.33. The maximum atomic E-state index is 5.98. The molecule has 0 heterocycles. The van der Waals surface area contributed by atoms with E-state index < -0.39 is 0 Å². The molecule has 1 rings (SSSR count). The van der Waals surface area contributed by atoms with Gasteiger partial charge >= 0.3 is 0 Å². The molecular weight excluding hydrogens is 250 g/mol. The number of aryl methyl sites for hydroxylation is 1. The molecule has 1 N–H and O–H groups in total. The molecule has 0 aliphatic rings. The van der Waals surface area contributed by atoms with Gasteiger partial charge in [0.2, 0.25) is 0 Å². The van der Waals surface area contributed by atoms with Crippen molar-refractivity contribution in [3.05, 3.63) is 29.3 Å². The minimum atomic E-state index is 0.111. The minimum Gasteiger partial charge on any atom is -0.493 e. The molecule has 3 heteroatoms. The summed E-state index contributed by atoms with van der Waals surface area (Å²) in [5.41, 5.74) is 2.54. The Kier molecular flexibility index (Phi) is 7.03. The fraction of sp³-hybridized carbons (Fsp3) is 0.647. The molecule has 3 nitrogen and oxygen atoms in total. The minimum absolute atomic E-state index is 0.111. The maximum Gasteiger partial charge on any atom is 0.126 e. The second kappa shape index (κ2) is 8.28. The largest absolute Gasteiger partial charge is 0.493 e. The van der Waals surface area contributed by atoms with Gasteiger partial charge in [0.15, 0.2) is 0 Å². The molecule has 0 spiro atoms. The Morgan fingerprint density at radius 2 is 1.80 bits per heavy atom. The van der Waals surface area contributed by atoms with Crippen molar-refractivity contribution in [3.8, 4) is 5.75 Å². The highest BCUT2D eigenvalue weighted by atomic mass is 16.5. The van der Waals surface area contributed by atoms with Crippen molar-refractivity contribution in [1.29, 1.82) is 0 Å². The summed E-state index contributed by atoms with van der Waals surface area (Å²) in [4.78, 5) is 0. The predicted octanol–water partition coefficient (Wildman–Crippen LogP) is 3.69. The van der Waals surface area contributed by atoms with E-state index in [1.54, 1.807) is 7.11 Å². The number of ether oxygens (including phenoxy) is 2. The normalized spacial score (nSPS) is 11.7. The zero-order chi connectivity index (χ0) is 15.0. The lowest BCUT2D eigenvalue weighted by molar-refractivity contribution is 0.183. The Balaban J connectivity index is 2.59. The van der Waals surface area contributed by atoms with Crippen molar-refractivity contribution >= 4 is 0 Å². The maximum absolute atomic E-state index is 5.98. The molecule has 0 saturated carbocycles. The zero-order valence-electron chi connectivity index (χ0n) is 13.6. The van der Waals surface area contributed by atoms with Crippen LogP contribution in [0, 0.1) is 6.92 Å². The number of hydrogen-bond acceptors (Lipinski definition) is 3. The lowest BCUT2D eigenvalue weighted by Crippen LogP contribution is -2.35. The fourth-order valence-electron chi connectivity index (χ4n) is 1.94. The Labute approximate surface area is 123 Å². The molecule has 0 saturated heterocycles. The highest BCUT2D eigenvalue weighted by Gasteiger charge is 2.12. The average Bonchev–Trinajstić information content (AvgIpc) is 2.37. The first-order chi connectivity index (χ1) is 9.44. The summed E-state index contributed by atoms with van der Waals surface area (Å²) < 4.78 is 11.0. The highest BCUT2D eigenvalue weighted by molar-refractivity contribution is 5.40. The van der Waals surface area contributed by atoms with Gasteiger partial charge in [-0.05, 0) is 46.1 Å². The molecule has 0 aliphatic heterocycles. The Morgan fingerprint density at radius 3 is 2.45 bits per heavy atom. The molecule has 0 unspecified atom stereocenters. The molecule has 114 valence electrons. The smallest absolute Gasteiger partial charge is 0.126 e. The second-order valence-corrected chi connectivity index (χ2v) is 6.22. The average molecular weight is 279 g/mol. The third-order valence-corrected chi connectivity index (χ3v) is 3.09. The molecule has 0 radical (unpaired) electrons. The van der Waals surface area contributed by atoms with Crippen LogP contribution >= 0.6 is 0 Å². The van der Waals surface area contributed by atoms with E-state index in [4.69, 9.17) is 9.47 Å². The number of methoxy groups -OCH3 is 1. The van der Waals surface area contributed by atoms with Crippen LogP contribution in [0.25, 0.3) is 0 Å². The molecule has 20 heavy (non-hydrogen) atoms. The topological polar surface area (TPSA) is 30.5 Å². The van der Waals surface area contributed by atoms with Gasteiger partial charge in [-0.15, -0.1) is 0 Å². The lowest BCUT2D eigenvalue weighted by atomic mass is 10.1. The van der Waals surface area contributed by atoms with Gasteiger partial charge in [0, 0.05) is 31.4 Å². The van der Waals surface area contributed by atoms with Crippen LogP contribution < -0.4 is 10.1 Å². The Hall–Kier alpha value is -1.06. The van der Waals surface area contributed by atoms with E-state index in [1.807, 2.05) is 0 Å². The van der Waals surface area contributed by atoms with Crippen LogP contribution in [-0.2, 0) is 11.3 Å². The molecule has 1 aromatic rings. The number of para-hydroxylation sites is 1. The number of unbranched alkanes of at least 4 members (excludes halogenated alkanes) is 1. The summed E-state index contributed by atoms with van der Waals surface area (Å²) in [7, 11) is 1.73. The molecule has 0 atom stereocenters. The van der Waals surface area contributed by atoms with Gasteiger partial charge in [0.25, 0.3) is 0 Å². The van der Waals surface area contributed by atoms with Crippen molar-refractivity contribution in [3.63, 3.8) is 0 Å². The van der Waals surface area contributed by atoms with E-state index in [-0.39, 0.29) is 5.54 Å². The van der Waals surface area contributed by atoms with Crippen molar-refractivity contribution in [1.82, 2.24) is 5.32 Å². The number of benzene rings is 1. The van der Waals surface area contributed by atoms with Crippen LogP contribution in [0.5, 0.6) is 5.75 Å². The van der Waals surface area contributed by atoms with Crippen LogP contribution in [0.1, 0.15) is 44.7 Å². The predicted molar refractivity (Wildman–Crippen MR) is 84.4 cm³/mol. The van der Waals surface area contributed by atoms with Crippen LogP contribution in [0.3, 0.4) is 0 Å². The highest BCUT2D eigenvalue weighted by Crippen LogP contribution is 2.24. The SMILES string of the molecule is COCCCCOc1c(C)cccc1CNC(C)(C)C. The number of rotatable bonds is 8. The summed E-state index contributed by atoms with van der Waals surface area (Å²) in [5, 5.41) is 3.52. The van der Waals surface area contributed by atoms with E-state index in [0.29, 0.717) is 0 Å². The molecular formula is C17H29NO2. The quantitative estimate of drug-likeness (QED) is 0.736. The monoisotopic (exact) mass is 279 g/mol. The van der Waals surface area contributed by atoms with E-state index in [9.17, 15) is 0 Å². The van der Waals surface area contributed by atoms with Crippen molar-refractivity contribution < 1.29 is 9.47 Å².